The second kappa shape index (κ2) is 6.96. The lowest BCUT2D eigenvalue weighted by atomic mass is 10.1. The molecule has 0 radical (unpaired) electrons. The molecule has 0 saturated carbocycles. The van der Waals surface area contributed by atoms with Crippen LogP contribution in [0.2, 0.25) is 0 Å². The van der Waals surface area contributed by atoms with Crippen molar-refractivity contribution in [2.45, 2.75) is 31.8 Å². The molecular weight excluding hydrogens is 308 g/mol. The average molecular weight is 328 g/mol. The molecule has 1 aromatic carbocycles. The highest BCUT2D eigenvalue weighted by Crippen LogP contribution is 2.23. The molecule has 1 aromatic heterocycles. The number of carbonyl (C=O) groups is 2. The van der Waals surface area contributed by atoms with Crippen LogP contribution in [0.5, 0.6) is 0 Å². The zero-order valence-corrected chi connectivity index (χ0v) is 13.9. The quantitative estimate of drug-likeness (QED) is 0.937. The normalized spacial score (nSPS) is 18.7. The number of likely N-dealkylation sites (tertiary alicyclic amines) is 1. The van der Waals surface area contributed by atoms with Crippen molar-refractivity contribution in [3.8, 4) is 0 Å². The van der Waals surface area contributed by atoms with Crippen molar-refractivity contribution in [1.29, 1.82) is 0 Å². The van der Waals surface area contributed by atoms with Gasteiger partial charge in [0, 0.05) is 6.54 Å². The summed E-state index contributed by atoms with van der Waals surface area (Å²) in [5.74, 6) is -0.103. The van der Waals surface area contributed by atoms with E-state index in [4.69, 9.17) is 0 Å². The zero-order chi connectivity index (χ0) is 16.2. The molecular formula is C18H20N2O2S. The highest BCUT2D eigenvalue weighted by molar-refractivity contribution is 7.12. The average Bonchev–Trinajstić information content (AvgIpc) is 3.26. The van der Waals surface area contributed by atoms with Crippen LogP contribution in [0.25, 0.3) is 0 Å². The molecule has 1 aliphatic heterocycles. The van der Waals surface area contributed by atoms with Gasteiger partial charge in [-0.15, -0.1) is 11.3 Å². The Morgan fingerprint density at radius 3 is 2.70 bits per heavy atom. The molecule has 2 aromatic rings. The highest BCUT2D eigenvalue weighted by atomic mass is 32.1. The fourth-order valence-electron chi connectivity index (χ4n) is 2.96. The van der Waals surface area contributed by atoms with Crippen molar-refractivity contribution < 1.29 is 9.59 Å². The van der Waals surface area contributed by atoms with Gasteiger partial charge in [-0.2, -0.15) is 0 Å². The van der Waals surface area contributed by atoms with Crippen molar-refractivity contribution >= 4 is 23.2 Å². The minimum absolute atomic E-state index is 0.0370. The van der Waals surface area contributed by atoms with Crippen LogP contribution in [0.1, 0.15) is 41.0 Å². The van der Waals surface area contributed by atoms with E-state index in [1.54, 1.807) is 4.90 Å². The number of amides is 2. The van der Waals surface area contributed by atoms with Gasteiger partial charge in [-0.1, -0.05) is 36.4 Å². The molecule has 0 aliphatic carbocycles. The summed E-state index contributed by atoms with van der Waals surface area (Å²) in [4.78, 5) is 27.5. The van der Waals surface area contributed by atoms with Gasteiger partial charge in [0.25, 0.3) is 5.91 Å². The van der Waals surface area contributed by atoms with Gasteiger partial charge in [-0.3, -0.25) is 9.59 Å². The summed E-state index contributed by atoms with van der Waals surface area (Å²) in [6.07, 6.45) is 1.60. The fourth-order valence-corrected chi connectivity index (χ4v) is 3.64. The summed E-state index contributed by atoms with van der Waals surface area (Å²) in [6, 6.07) is 13.1. The van der Waals surface area contributed by atoms with Crippen molar-refractivity contribution in [3.05, 3.63) is 58.3 Å². The van der Waals surface area contributed by atoms with Gasteiger partial charge in [-0.25, -0.2) is 0 Å². The van der Waals surface area contributed by atoms with Crippen LogP contribution in [0.15, 0.2) is 47.8 Å². The second-order valence-electron chi connectivity index (χ2n) is 5.77. The van der Waals surface area contributed by atoms with E-state index < -0.39 is 0 Å². The third kappa shape index (κ3) is 3.45. The number of benzene rings is 1. The van der Waals surface area contributed by atoms with E-state index >= 15 is 0 Å². The first-order chi connectivity index (χ1) is 11.2. The van der Waals surface area contributed by atoms with Crippen molar-refractivity contribution in [3.63, 3.8) is 0 Å². The smallest absolute Gasteiger partial charge is 0.264 e. The lowest BCUT2D eigenvalue weighted by Crippen LogP contribution is -2.46. The number of nitrogens with zero attached hydrogens (tertiary/aromatic N) is 1. The molecule has 0 unspecified atom stereocenters. The van der Waals surface area contributed by atoms with E-state index in [0.29, 0.717) is 11.4 Å². The molecule has 1 N–H and O–H groups in total. The van der Waals surface area contributed by atoms with Gasteiger partial charge in [0.2, 0.25) is 5.91 Å². The first-order valence-electron chi connectivity index (χ1n) is 7.86. The molecule has 1 aliphatic rings. The Bertz CT molecular complexity index is 670. The molecule has 120 valence electrons. The zero-order valence-electron chi connectivity index (χ0n) is 13.1. The van der Waals surface area contributed by atoms with E-state index in [1.165, 1.54) is 11.3 Å². The third-order valence-electron chi connectivity index (χ3n) is 4.21. The maximum Gasteiger partial charge on any atom is 0.264 e. The molecule has 23 heavy (non-hydrogen) atoms. The molecule has 2 amide bonds. The number of thiophene rings is 1. The SMILES string of the molecule is C[C@@H](NC(=O)[C@@H]1CCCN1C(=O)c1cccs1)c1ccccc1. The van der Waals surface area contributed by atoms with Crippen molar-refractivity contribution in [2.75, 3.05) is 6.54 Å². The van der Waals surface area contributed by atoms with Crippen LogP contribution in [-0.2, 0) is 4.79 Å². The Labute approximate surface area is 140 Å². The summed E-state index contributed by atoms with van der Waals surface area (Å²) in [5, 5.41) is 4.92. The maximum absolute atomic E-state index is 12.6. The lowest BCUT2D eigenvalue weighted by molar-refractivity contribution is -0.125. The Kier molecular flexibility index (Phi) is 4.76. The van der Waals surface area contributed by atoms with Gasteiger partial charge in [0.05, 0.1) is 10.9 Å². The molecule has 0 spiro atoms. The van der Waals surface area contributed by atoms with Crippen molar-refractivity contribution in [1.82, 2.24) is 10.2 Å². The van der Waals surface area contributed by atoms with Crippen LogP contribution in [0.4, 0.5) is 0 Å². The Hall–Kier alpha value is -2.14. The maximum atomic E-state index is 12.6. The van der Waals surface area contributed by atoms with Crippen LogP contribution in [0.3, 0.4) is 0 Å². The molecule has 2 atom stereocenters. The number of rotatable bonds is 4. The van der Waals surface area contributed by atoms with E-state index in [1.807, 2.05) is 54.8 Å². The number of hydrogen-bond donors (Lipinski definition) is 1. The molecule has 2 heterocycles. The first kappa shape index (κ1) is 15.7. The van der Waals surface area contributed by atoms with Crippen LogP contribution >= 0.6 is 11.3 Å². The van der Waals surface area contributed by atoms with Crippen LogP contribution in [-0.4, -0.2) is 29.3 Å². The monoisotopic (exact) mass is 328 g/mol. The molecule has 1 saturated heterocycles. The minimum atomic E-state index is -0.365. The molecule has 1 fully saturated rings. The Morgan fingerprint density at radius 2 is 2.00 bits per heavy atom. The fraction of sp³-hybridized carbons (Fsp3) is 0.333. The van der Waals surface area contributed by atoms with Gasteiger partial charge >= 0.3 is 0 Å². The van der Waals surface area contributed by atoms with Crippen LogP contribution in [0, 0.1) is 0 Å². The van der Waals surface area contributed by atoms with E-state index in [-0.39, 0.29) is 23.9 Å². The highest BCUT2D eigenvalue weighted by Gasteiger charge is 2.35. The standard InChI is InChI=1S/C18H20N2O2S/c1-13(14-7-3-2-4-8-14)19-17(21)15-9-5-11-20(15)18(22)16-10-6-12-23-16/h2-4,6-8,10,12-13,15H,5,9,11H2,1H3,(H,19,21)/t13-,15+/m1/s1. The Morgan fingerprint density at radius 1 is 1.22 bits per heavy atom. The summed E-state index contributed by atoms with van der Waals surface area (Å²) in [7, 11) is 0. The largest absolute Gasteiger partial charge is 0.348 e. The topological polar surface area (TPSA) is 49.4 Å². The summed E-state index contributed by atoms with van der Waals surface area (Å²) < 4.78 is 0. The van der Waals surface area contributed by atoms with Gasteiger partial charge in [-0.05, 0) is 36.8 Å². The van der Waals surface area contributed by atoms with E-state index in [2.05, 4.69) is 5.32 Å². The molecule has 0 bridgehead atoms. The summed E-state index contributed by atoms with van der Waals surface area (Å²) in [6.45, 7) is 2.61. The summed E-state index contributed by atoms with van der Waals surface area (Å²) >= 11 is 1.42. The minimum Gasteiger partial charge on any atom is -0.348 e. The number of nitrogens with one attached hydrogen (secondary N) is 1. The Balaban J connectivity index is 1.67. The van der Waals surface area contributed by atoms with Gasteiger partial charge in [0.1, 0.15) is 6.04 Å². The van der Waals surface area contributed by atoms with Gasteiger partial charge in [0.15, 0.2) is 0 Å². The van der Waals surface area contributed by atoms with Crippen LogP contribution < -0.4 is 5.32 Å². The number of carbonyl (C=O) groups excluding carboxylic acids is 2. The molecule has 5 heteroatoms. The molecule has 3 rings (SSSR count). The summed E-state index contributed by atoms with van der Waals surface area (Å²) in [5.41, 5.74) is 1.06. The number of hydrogen-bond acceptors (Lipinski definition) is 3. The second-order valence-corrected chi connectivity index (χ2v) is 6.72. The van der Waals surface area contributed by atoms with Crippen molar-refractivity contribution in [2.24, 2.45) is 0 Å². The van der Waals surface area contributed by atoms with Gasteiger partial charge < -0.3 is 10.2 Å². The van der Waals surface area contributed by atoms with E-state index in [0.717, 1.165) is 18.4 Å². The third-order valence-corrected chi connectivity index (χ3v) is 5.06. The molecule has 4 nitrogen and oxygen atoms in total. The first-order valence-corrected chi connectivity index (χ1v) is 8.74. The predicted molar refractivity (Wildman–Crippen MR) is 91.4 cm³/mol. The van der Waals surface area contributed by atoms with E-state index in [9.17, 15) is 9.59 Å². The predicted octanol–water partition coefficient (Wildman–Crippen LogP) is 3.23. The lowest BCUT2D eigenvalue weighted by Gasteiger charge is -2.25.